The SMILES string of the molecule is O=C(Cl)[C@@H](Cl)N1CCCc2cc(O)ccc21. The Bertz CT molecular complexity index is 422. The molecule has 86 valence electrons. The molecule has 0 amide bonds. The molecule has 1 aromatic carbocycles. The first-order valence-corrected chi connectivity index (χ1v) is 5.83. The number of fused-ring (bicyclic) bond motifs is 1. The fourth-order valence-electron chi connectivity index (χ4n) is 1.97. The van der Waals surface area contributed by atoms with Crippen LogP contribution in [0.2, 0.25) is 0 Å². The van der Waals surface area contributed by atoms with Crippen molar-refractivity contribution in [3.63, 3.8) is 0 Å². The highest BCUT2D eigenvalue weighted by Gasteiger charge is 2.26. The van der Waals surface area contributed by atoms with Crippen LogP contribution in [0.3, 0.4) is 0 Å². The third kappa shape index (κ3) is 2.11. The summed E-state index contributed by atoms with van der Waals surface area (Å²) >= 11 is 11.3. The topological polar surface area (TPSA) is 40.5 Å². The predicted octanol–water partition coefficient (Wildman–Crippen LogP) is 2.48. The second-order valence-electron chi connectivity index (χ2n) is 3.75. The van der Waals surface area contributed by atoms with Gasteiger partial charge in [-0.25, -0.2) is 0 Å². The van der Waals surface area contributed by atoms with Crippen LogP contribution >= 0.6 is 23.2 Å². The van der Waals surface area contributed by atoms with Crippen molar-refractivity contribution < 1.29 is 9.90 Å². The zero-order chi connectivity index (χ0) is 11.7. The van der Waals surface area contributed by atoms with E-state index in [9.17, 15) is 9.90 Å². The van der Waals surface area contributed by atoms with Crippen molar-refractivity contribution in [1.82, 2.24) is 0 Å². The Morgan fingerprint density at radius 3 is 2.94 bits per heavy atom. The van der Waals surface area contributed by atoms with E-state index in [4.69, 9.17) is 23.2 Å². The van der Waals surface area contributed by atoms with Crippen molar-refractivity contribution in [2.45, 2.75) is 18.3 Å². The fraction of sp³-hybridized carbons (Fsp3) is 0.364. The zero-order valence-corrected chi connectivity index (χ0v) is 10.0. The standard InChI is InChI=1S/C11H11Cl2NO2/c12-10(11(13)16)14-5-1-2-7-6-8(15)3-4-9(7)14/h3-4,6,10,15H,1-2,5H2/t10-/m0/s1. The third-order valence-corrected chi connectivity index (χ3v) is 3.43. The van der Waals surface area contributed by atoms with E-state index in [0.717, 1.165) is 24.1 Å². The summed E-state index contributed by atoms with van der Waals surface area (Å²) in [5, 5.41) is 8.80. The largest absolute Gasteiger partial charge is 0.508 e. The van der Waals surface area contributed by atoms with Gasteiger partial charge in [-0.1, -0.05) is 11.6 Å². The van der Waals surface area contributed by atoms with Crippen LogP contribution in [0.15, 0.2) is 18.2 Å². The van der Waals surface area contributed by atoms with E-state index >= 15 is 0 Å². The first-order chi connectivity index (χ1) is 7.59. The molecule has 2 rings (SSSR count). The smallest absolute Gasteiger partial charge is 0.259 e. The first-order valence-electron chi connectivity index (χ1n) is 5.01. The maximum absolute atomic E-state index is 11.1. The lowest BCUT2D eigenvalue weighted by molar-refractivity contribution is -0.111. The number of phenols is 1. The molecular weight excluding hydrogens is 249 g/mol. The molecule has 0 aromatic heterocycles. The second kappa shape index (κ2) is 4.52. The molecule has 0 fully saturated rings. The fourth-order valence-corrected chi connectivity index (χ4v) is 2.29. The van der Waals surface area contributed by atoms with E-state index in [-0.39, 0.29) is 5.75 Å². The first kappa shape index (κ1) is 11.6. The number of carbonyl (C=O) groups excluding carboxylic acids is 1. The van der Waals surface area contributed by atoms with Crippen LogP contribution < -0.4 is 4.90 Å². The molecule has 3 nitrogen and oxygen atoms in total. The summed E-state index contributed by atoms with van der Waals surface area (Å²) in [5.74, 6) is 0.226. The van der Waals surface area contributed by atoms with Crippen molar-refractivity contribution in [2.75, 3.05) is 11.4 Å². The van der Waals surface area contributed by atoms with Crippen LogP contribution in [-0.2, 0) is 11.2 Å². The number of halogens is 2. The maximum atomic E-state index is 11.1. The van der Waals surface area contributed by atoms with Crippen LogP contribution in [-0.4, -0.2) is 22.4 Å². The Morgan fingerprint density at radius 2 is 2.25 bits per heavy atom. The number of phenolic OH excluding ortho intramolecular Hbond substituents is 1. The highest BCUT2D eigenvalue weighted by atomic mass is 35.5. The van der Waals surface area contributed by atoms with Gasteiger partial charge in [0.05, 0.1) is 0 Å². The molecule has 0 spiro atoms. The average molecular weight is 260 g/mol. The number of alkyl halides is 1. The van der Waals surface area contributed by atoms with E-state index in [1.807, 2.05) is 0 Å². The molecular formula is C11H11Cl2NO2. The van der Waals surface area contributed by atoms with E-state index in [1.165, 1.54) is 0 Å². The Morgan fingerprint density at radius 1 is 1.50 bits per heavy atom. The molecule has 1 heterocycles. The Balaban J connectivity index is 2.36. The molecule has 1 aliphatic rings. The van der Waals surface area contributed by atoms with Crippen LogP contribution in [0.25, 0.3) is 0 Å². The molecule has 1 aromatic rings. The van der Waals surface area contributed by atoms with Gasteiger partial charge in [-0.15, -0.1) is 0 Å². The van der Waals surface area contributed by atoms with Crippen LogP contribution in [0, 0.1) is 0 Å². The average Bonchev–Trinajstić information content (AvgIpc) is 2.26. The van der Waals surface area contributed by atoms with Gasteiger partial charge < -0.3 is 10.0 Å². The van der Waals surface area contributed by atoms with E-state index in [0.29, 0.717) is 6.54 Å². The second-order valence-corrected chi connectivity index (χ2v) is 4.54. The summed E-state index contributed by atoms with van der Waals surface area (Å²) in [6.45, 7) is 0.699. The molecule has 1 N–H and O–H groups in total. The number of rotatable bonds is 2. The minimum absolute atomic E-state index is 0.226. The van der Waals surface area contributed by atoms with E-state index in [1.54, 1.807) is 23.1 Å². The third-order valence-electron chi connectivity index (χ3n) is 2.68. The molecule has 1 atom stereocenters. The highest BCUT2D eigenvalue weighted by Crippen LogP contribution is 2.32. The predicted molar refractivity (Wildman–Crippen MR) is 64.3 cm³/mol. The van der Waals surface area contributed by atoms with Gasteiger partial charge in [0.2, 0.25) is 0 Å². The van der Waals surface area contributed by atoms with Gasteiger partial charge in [-0.05, 0) is 48.2 Å². The number of hydrogen-bond donors (Lipinski definition) is 1. The Hall–Kier alpha value is -0.930. The van der Waals surface area contributed by atoms with Crippen molar-refractivity contribution >= 4 is 34.1 Å². The number of hydrogen-bond acceptors (Lipinski definition) is 3. The van der Waals surface area contributed by atoms with Gasteiger partial charge in [0.15, 0.2) is 5.50 Å². The molecule has 0 aliphatic carbocycles. The van der Waals surface area contributed by atoms with Crippen molar-refractivity contribution in [3.8, 4) is 5.75 Å². The molecule has 5 heteroatoms. The van der Waals surface area contributed by atoms with Crippen LogP contribution in [0.4, 0.5) is 5.69 Å². The highest BCUT2D eigenvalue weighted by molar-refractivity contribution is 6.69. The number of carbonyl (C=O) groups is 1. The summed E-state index contributed by atoms with van der Waals surface area (Å²) < 4.78 is 0. The number of nitrogens with zero attached hydrogens (tertiary/aromatic N) is 1. The van der Waals surface area contributed by atoms with Gasteiger partial charge >= 0.3 is 0 Å². The molecule has 0 saturated heterocycles. The number of aromatic hydroxyl groups is 1. The number of benzene rings is 1. The maximum Gasteiger partial charge on any atom is 0.259 e. The molecule has 1 aliphatic heterocycles. The summed E-state index contributed by atoms with van der Waals surface area (Å²) in [5.41, 5.74) is 1.03. The van der Waals surface area contributed by atoms with Gasteiger partial charge in [-0.3, -0.25) is 4.79 Å². The quantitative estimate of drug-likeness (QED) is 0.504. The summed E-state index contributed by atoms with van der Waals surface area (Å²) in [6, 6.07) is 5.04. The number of aryl methyl sites for hydroxylation is 1. The normalized spacial score (nSPS) is 16.8. The molecule has 0 radical (unpaired) electrons. The van der Waals surface area contributed by atoms with Gasteiger partial charge in [0, 0.05) is 12.2 Å². The van der Waals surface area contributed by atoms with E-state index < -0.39 is 10.7 Å². The minimum atomic E-state index is -0.842. The minimum Gasteiger partial charge on any atom is -0.508 e. The Labute approximate surface area is 104 Å². The lowest BCUT2D eigenvalue weighted by Crippen LogP contribution is -2.39. The number of anilines is 1. The lowest BCUT2D eigenvalue weighted by Gasteiger charge is -2.33. The summed E-state index contributed by atoms with van der Waals surface area (Å²) in [6.07, 6.45) is 1.77. The molecule has 0 bridgehead atoms. The van der Waals surface area contributed by atoms with Crippen LogP contribution in [0.5, 0.6) is 5.75 Å². The van der Waals surface area contributed by atoms with Crippen molar-refractivity contribution in [1.29, 1.82) is 0 Å². The van der Waals surface area contributed by atoms with Crippen molar-refractivity contribution in [2.24, 2.45) is 0 Å². The van der Waals surface area contributed by atoms with Gasteiger partial charge in [0.25, 0.3) is 5.24 Å². The molecule has 0 unspecified atom stereocenters. The van der Waals surface area contributed by atoms with Gasteiger partial charge in [0.1, 0.15) is 5.75 Å². The molecule has 0 saturated carbocycles. The zero-order valence-electron chi connectivity index (χ0n) is 8.49. The molecule has 16 heavy (non-hydrogen) atoms. The summed E-state index contributed by atoms with van der Waals surface area (Å²) in [7, 11) is 0. The van der Waals surface area contributed by atoms with Gasteiger partial charge in [-0.2, -0.15) is 0 Å². The monoisotopic (exact) mass is 259 g/mol. The van der Waals surface area contributed by atoms with E-state index in [2.05, 4.69) is 0 Å². The lowest BCUT2D eigenvalue weighted by atomic mass is 10.0. The van der Waals surface area contributed by atoms with Crippen LogP contribution in [0.1, 0.15) is 12.0 Å². The Kier molecular flexibility index (Phi) is 3.26. The summed E-state index contributed by atoms with van der Waals surface area (Å²) in [4.78, 5) is 12.8. The van der Waals surface area contributed by atoms with Crippen molar-refractivity contribution in [3.05, 3.63) is 23.8 Å².